The van der Waals surface area contributed by atoms with Crippen LogP contribution in [0.5, 0.6) is 0 Å². The Morgan fingerprint density at radius 2 is 1.80 bits per heavy atom. The van der Waals surface area contributed by atoms with E-state index in [1.165, 1.54) is 42.4 Å². The second kappa shape index (κ2) is 4.73. The van der Waals surface area contributed by atoms with Gasteiger partial charge in [0.1, 0.15) is 0 Å². The molecule has 1 atom stereocenters. The third-order valence-electron chi connectivity index (χ3n) is 4.87. The van der Waals surface area contributed by atoms with E-state index in [-0.39, 0.29) is 16.9 Å². The summed E-state index contributed by atoms with van der Waals surface area (Å²) in [6, 6.07) is 8.71. The summed E-state index contributed by atoms with van der Waals surface area (Å²) in [7, 11) is 0. The summed E-state index contributed by atoms with van der Waals surface area (Å²) < 4.78 is 0. The minimum absolute atomic E-state index is 0.153. The smallest absolute Gasteiger partial charge is 0.0798 e. The highest BCUT2D eigenvalue weighted by atomic mass is 16.3. The molecule has 1 nitrogen and oxygen atoms in total. The van der Waals surface area contributed by atoms with Crippen LogP contribution in [0.2, 0.25) is 0 Å². The fourth-order valence-electron chi connectivity index (χ4n) is 4.01. The van der Waals surface area contributed by atoms with Crippen molar-refractivity contribution >= 4 is 5.57 Å². The summed E-state index contributed by atoms with van der Waals surface area (Å²) >= 11 is 0. The zero-order valence-corrected chi connectivity index (χ0v) is 12.9. The molecule has 1 aromatic rings. The summed E-state index contributed by atoms with van der Waals surface area (Å²) in [5.41, 5.74) is 4.31. The van der Waals surface area contributed by atoms with Crippen LogP contribution < -0.4 is 0 Å². The Labute approximate surface area is 122 Å². The van der Waals surface area contributed by atoms with Gasteiger partial charge < -0.3 is 5.11 Å². The lowest BCUT2D eigenvalue weighted by Gasteiger charge is -2.23. The molecule has 0 aromatic heterocycles. The van der Waals surface area contributed by atoms with Gasteiger partial charge in [-0.2, -0.15) is 0 Å². The van der Waals surface area contributed by atoms with Gasteiger partial charge in [-0.3, -0.25) is 0 Å². The van der Waals surface area contributed by atoms with Crippen molar-refractivity contribution in [3.05, 3.63) is 41.5 Å². The summed E-state index contributed by atoms with van der Waals surface area (Å²) in [5, 5.41) is 10.7. The maximum absolute atomic E-state index is 10.7. The fraction of sp³-hybridized carbons (Fsp3) is 0.579. The second-order valence-electron chi connectivity index (χ2n) is 7.79. The molecule has 1 unspecified atom stereocenters. The third kappa shape index (κ3) is 2.33. The molecule has 20 heavy (non-hydrogen) atoms. The highest BCUT2D eigenvalue weighted by molar-refractivity contribution is 5.79. The minimum atomic E-state index is -0.337. The van der Waals surface area contributed by atoms with Gasteiger partial charge in [-0.1, -0.05) is 64.0 Å². The van der Waals surface area contributed by atoms with E-state index in [1.807, 2.05) is 0 Å². The van der Waals surface area contributed by atoms with Crippen LogP contribution in [-0.4, -0.2) is 11.2 Å². The van der Waals surface area contributed by atoms with Crippen LogP contribution in [0, 0.1) is 5.41 Å². The molecule has 0 radical (unpaired) electrons. The van der Waals surface area contributed by atoms with Crippen LogP contribution in [0.3, 0.4) is 0 Å². The van der Waals surface area contributed by atoms with E-state index in [4.69, 9.17) is 0 Å². The van der Waals surface area contributed by atoms with Crippen molar-refractivity contribution in [2.75, 3.05) is 0 Å². The molecule has 0 bridgehead atoms. The van der Waals surface area contributed by atoms with Crippen LogP contribution >= 0.6 is 0 Å². The topological polar surface area (TPSA) is 20.2 Å². The first-order chi connectivity index (χ1) is 9.41. The average Bonchev–Trinajstić information content (AvgIpc) is 2.95. The number of aliphatic hydroxyl groups excluding tert-OH is 1. The molecule has 1 saturated carbocycles. The largest absolute Gasteiger partial charge is 0.388 e. The summed E-state index contributed by atoms with van der Waals surface area (Å²) in [4.78, 5) is 0. The lowest BCUT2D eigenvalue weighted by Crippen LogP contribution is -2.18. The summed E-state index contributed by atoms with van der Waals surface area (Å²) in [6.07, 6.45) is 8.01. The molecule has 1 fully saturated rings. The highest BCUT2D eigenvalue weighted by Gasteiger charge is 2.41. The monoisotopic (exact) mass is 270 g/mol. The predicted octanol–water partition coefficient (Wildman–Crippen LogP) is 4.69. The van der Waals surface area contributed by atoms with E-state index in [0.29, 0.717) is 0 Å². The van der Waals surface area contributed by atoms with Crippen LogP contribution in [-0.2, 0) is 5.41 Å². The van der Waals surface area contributed by atoms with Crippen molar-refractivity contribution in [2.45, 2.75) is 64.4 Å². The van der Waals surface area contributed by atoms with Gasteiger partial charge in [0.15, 0.2) is 0 Å². The maximum atomic E-state index is 10.7. The van der Waals surface area contributed by atoms with Gasteiger partial charge in [-0.15, -0.1) is 0 Å². The molecule has 3 rings (SSSR count). The first-order valence-corrected chi connectivity index (χ1v) is 7.92. The van der Waals surface area contributed by atoms with Crippen molar-refractivity contribution in [1.29, 1.82) is 0 Å². The number of aliphatic hydroxyl groups is 1. The summed E-state index contributed by atoms with van der Waals surface area (Å²) in [5.74, 6) is 0. The fourth-order valence-corrected chi connectivity index (χ4v) is 4.01. The molecule has 0 aliphatic heterocycles. The Morgan fingerprint density at radius 1 is 1.15 bits per heavy atom. The predicted molar refractivity (Wildman–Crippen MR) is 84.6 cm³/mol. The minimum Gasteiger partial charge on any atom is -0.388 e. The van der Waals surface area contributed by atoms with E-state index < -0.39 is 0 Å². The van der Waals surface area contributed by atoms with Gasteiger partial charge in [-0.25, -0.2) is 0 Å². The molecule has 1 spiro atoms. The van der Waals surface area contributed by atoms with E-state index in [1.54, 1.807) is 0 Å². The summed E-state index contributed by atoms with van der Waals surface area (Å²) in [6.45, 7) is 6.59. The van der Waals surface area contributed by atoms with E-state index in [2.05, 4.69) is 51.1 Å². The van der Waals surface area contributed by atoms with Gasteiger partial charge in [0.25, 0.3) is 0 Å². The number of hydrogen-bond donors (Lipinski definition) is 1. The normalized spacial score (nSPS) is 21.9. The number of allylic oxidation sites excluding steroid dienone is 1. The van der Waals surface area contributed by atoms with Crippen LogP contribution in [0.15, 0.2) is 30.3 Å². The lowest BCUT2D eigenvalue weighted by atomic mass is 9.81. The first kappa shape index (κ1) is 13.9. The van der Waals surface area contributed by atoms with Crippen molar-refractivity contribution < 1.29 is 5.11 Å². The van der Waals surface area contributed by atoms with Gasteiger partial charge >= 0.3 is 0 Å². The lowest BCUT2D eigenvalue weighted by molar-refractivity contribution is 0.170. The standard InChI is InChI=1S/C19H26O/c1-18(2,3)13-17(20)15-12-19(10-6-7-11-19)16-9-5-4-8-14(15)16/h4-5,8-9,12,17,20H,6-7,10-11,13H2,1-3H3. The molecule has 0 amide bonds. The number of rotatable bonds is 2. The Bertz CT molecular complexity index is 527. The number of hydrogen-bond acceptors (Lipinski definition) is 1. The number of benzene rings is 1. The zero-order chi connectivity index (χ0) is 14.4. The average molecular weight is 270 g/mol. The van der Waals surface area contributed by atoms with Gasteiger partial charge in [-0.05, 0) is 41.4 Å². The van der Waals surface area contributed by atoms with E-state index in [9.17, 15) is 5.11 Å². The van der Waals surface area contributed by atoms with Crippen molar-refractivity contribution in [2.24, 2.45) is 5.41 Å². The SMILES string of the molecule is CC(C)(C)CC(O)C1=CC2(CCCC2)c2ccccc21. The quantitative estimate of drug-likeness (QED) is 0.826. The molecule has 2 aliphatic rings. The Morgan fingerprint density at radius 3 is 2.45 bits per heavy atom. The molecular formula is C19H26O. The molecule has 0 saturated heterocycles. The van der Waals surface area contributed by atoms with E-state index in [0.717, 1.165) is 6.42 Å². The second-order valence-corrected chi connectivity index (χ2v) is 7.79. The van der Waals surface area contributed by atoms with Gasteiger partial charge in [0, 0.05) is 5.41 Å². The number of fused-ring (bicyclic) bond motifs is 2. The van der Waals surface area contributed by atoms with Crippen molar-refractivity contribution in [3.8, 4) is 0 Å². The molecule has 108 valence electrons. The van der Waals surface area contributed by atoms with Gasteiger partial charge in [0.2, 0.25) is 0 Å². The zero-order valence-electron chi connectivity index (χ0n) is 12.9. The van der Waals surface area contributed by atoms with Crippen molar-refractivity contribution in [1.82, 2.24) is 0 Å². The molecule has 0 heterocycles. The maximum Gasteiger partial charge on any atom is 0.0798 e. The molecule has 1 heteroatoms. The van der Waals surface area contributed by atoms with Crippen LogP contribution in [0.4, 0.5) is 0 Å². The molecular weight excluding hydrogens is 244 g/mol. The van der Waals surface area contributed by atoms with Crippen LogP contribution in [0.25, 0.3) is 5.57 Å². The third-order valence-corrected chi connectivity index (χ3v) is 4.87. The molecule has 1 N–H and O–H groups in total. The highest BCUT2D eigenvalue weighted by Crippen LogP contribution is 2.51. The Hall–Kier alpha value is -1.08. The van der Waals surface area contributed by atoms with Crippen molar-refractivity contribution in [3.63, 3.8) is 0 Å². The Balaban J connectivity index is 1.99. The Kier molecular flexibility index (Phi) is 3.29. The molecule has 2 aliphatic carbocycles. The van der Waals surface area contributed by atoms with Crippen LogP contribution in [0.1, 0.15) is 64.0 Å². The van der Waals surface area contributed by atoms with E-state index >= 15 is 0 Å². The first-order valence-electron chi connectivity index (χ1n) is 7.92. The van der Waals surface area contributed by atoms with Gasteiger partial charge in [0.05, 0.1) is 6.10 Å². The molecule has 1 aromatic carbocycles.